The number of carbonyl (C=O) groups is 1. The highest BCUT2D eigenvalue weighted by Crippen LogP contribution is 2.24. The zero-order valence-electron chi connectivity index (χ0n) is 12.7. The minimum absolute atomic E-state index is 0.285. The first-order chi connectivity index (χ1) is 11.2. The Hall–Kier alpha value is -2.19. The Bertz CT molecular complexity index is 722. The Morgan fingerprint density at radius 3 is 3.30 bits per heavy atom. The lowest BCUT2D eigenvalue weighted by Crippen LogP contribution is -2.07. The van der Waals surface area contributed by atoms with Crippen LogP contribution in [0.2, 0.25) is 0 Å². The fourth-order valence-corrected chi connectivity index (χ4v) is 3.43. The number of hydrogen-bond acceptors (Lipinski definition) is 7. The van der Waals surface area contributed by atoms with Crippen molar-refractivity contribution in [2.45, 2.75) is 25.5 Å². The van der Waals surface area contributed by atoms with Gasteiger partial charge in [0.25, 0.3) is 0 Å². The van der Waals surface area contributed by atoms with Gasteiger partial charge in [-0.15, -0.1) is 11.3 Å². The molecule has 0 saturated carbocycles. The Labute approximate surface area is 137 Å². The van der Waals surface area contributed by atoms with Crippen molar-refractivity contribution < 1.29 is 14.6 Å². The molecule has 2 aromatic rings. The molecule has 3 heterocycles. The van der Waals surface area contributed by atoms with Crippen LogP contribution in [-0.2, 0) is 17.7 Å². The van der Waals surface area contributed by atoms with Gasteiger partial charge in [0.2, 0.25) is 0 Å². The van der Waals surface area contributed by atoms with E-state index in [0.29, 0.717) is 17.1 Å². The quantitative estimate of drug-likeness (QED) is 0.815. The van der Waals surface area contributed by atoms with Crippen LogP contribution in [0.1, 0.15) is 33.5 Å². The van der Waals surface area contributed by atoms with E-state index in [4.69, 9.17) is 4.74 Å². The summed E-state index contributed by atoms with van der Waals surface area (Å²) in [6.45, 7) is 1.04. The minimum Gasteiger partial charge on any atom is -0.465 e. The molecule has 1 aliphatic rings. The molecule has 0 amide bonds. The fourth-order valence-electron chi connectivity index (χ4n) is 2.56. The third kappa shape index (κ3) is 3.27. The van der Waals surface area contributed by atoms with Gasteiger partial charge in [-0.25, -0.2) is 9.78 Å². The number of nitrogens with zero attached hydrogens (tertiary/aromatic N) is 3. The van der Waals surface area contributed by atoms with Gasteiger partial charge in [0, 0.05) is 6.54 Å². The van der Waals surface area contributed by atoms with E-state index in [-0.39, 0.29) is 5.97 Å². The molecule has 1 atom stereocenters. The first-order valence-corrected chi connectivity index (χ1v) is 8.21. The number of nitrogens with one attached hydrogen (secondary N) is 1. The molecule has 0 saturated heterocycles. The Kier molecular flexibility index (Phi) is 4.73. The largest absolute Gasteiger partial charge is 0.465 e. The molecule has 0 radical (unpaired) electrons. The van der Waals surface area contributed by atoms with Crippen LogP contribution in [0.15, 0.2) is 22.8 Å². The molecule has 0 aliphatic carbocycles. The number of aromatic nitrogens is 2. The van der Waals surface area contributed by atoms with Gasteiger partial charge < -0.3 is 19.7 Å². The molecule has 1 unspecified atom stereocenters. The van der Waals surface area contributed by atoms with Gasteiger partial charge in [0.1, 0.15) is 22.5 Å². The summed E-state index contributed by atoms with van der Waals surface area (Å²) >= 11 is 1.40. The number of thiophene rings is 1. The lowest BCUT2D eigenvalue weighted by Gasteiger charge is -2.09. The van der Waals surface area contributed by atoms with Crippen LogP contribution < -0.4 is 5.32 Å². The maximum Gasteiger partial charge on any atom is 0.348 e. The van der Waals surface area contributed by atoms with Crippen LogP contribution in [0, 0.1) is 0 Å². The molecule has 1 aliphatic heterocycles. The van der Waals surface area contributed by atoms with Crippen LogP contribution in [0.25, 0.3) is 0 Å². The number of carbonyl (C=O) groups excluding carboxylic acids is 1. The van der Waals surface area contributed by atoms with Gasteiger partial charge in [-0.3, -0.25) is 4.99 Å². The van der Waals surface area contributed by atoms with Gasteiger partial charge in [-0.1, -0.05) is 0 Å². The highest BCUT2D eigenvalue weighted by molar-refractivity contribution is 7.12. The zero-order chi connectivity index (χ0) is 16.2. The second kappa shape index (κ2) is 6.93. The Morgan fingerprint density at radius 2 is 2.48 bits per heavy atom. The fraction of sp³-hybridized carbons (Fsp3) is 0.400. The molecule has 3 rings (SSSR count). The number of rotatable bonds is 5. The lowest BCUT2D eigenvalue weighted by atomic mass is 10.1. The van der Waals surface area contributed by atoms with Crippen molar-refractivity contribution in [2.24, 2.45) is 4.99 Å². The lowest BCUT2D eigenvalue weighted by molar-refractivity contribution is 0.0605. The van der Waals surface area contributed by atoms with Gasteiger partial charge in [0.15, 0.2) is 0 Å². The third-order valence-corrected chi connectivity index (χ3v) is 4.65. The molecule has 0 bridgehead atoms. The molecule has 2 N–H and O–H groups in total. The number of methoxy groups -OCH3 is 1. The maximum absolute atomic E-state index is 11.7. The van der Waals surface area contributed by atoms with E-state index in [9.17, 15) is 9.90 Å². The minimum atomic E-state index is -0.680. The average molecular weight is 334 g/mol. The third-order valence-electron chi connectivity index (χ3n) is 3.72. The molecule has 2 aromatic heterocycles. The first-order valence-electron chi connectivity index (χ1n) is 7.33. The van der Waals surface area contributed by atoms with Gasteiger partial charge in [-0.2, -0.15) is 0 Å². The van der Waals surface area contributed by atoms with Crippen molar-refractivity contribution in [1.82, 2.24) is 9.55 Å². The normalized spacial score (nSPS) is 16.5. The summed E-state index contributed by atoms with van der Waals surface area (Å²) in [6, 6.07) is 1.96. The number of aliphatic hydroxyl groups excluding tert-OH is 1. The predicted octanol–water partition coefficient (Wildman–Crippen LogP) is 1.85. The van der Waals surface area contributed by atoms with Crippen LogP contribution in [0.5, 0.6) is 0 Å². The van der Waals surface area contributed by atoms with Gasteiger partial charge in [-0.05, 0) is 29.9 Å². The van der Waals surface area contributed by atoms with Crippen molar-refractivity contribution in [3.8, 4) is 0 Å². The molecule has 0 fully saturated rings. The van der Waals surface area contributed by atoms with Crippen LogP contribution in [0.4, 0.5) is 5.82 Å². The number of anilines is 1. The smallest absolute Gasteiger partial charge is 0.348 e. The monoisotopic (exact) mass is 334 g/mol. The maximum atomic E-state index is 11.7. The van der Waals surface area contributed by atoms with Crippen LogP contribution in [-0.4, -0.2) is 40.6 Å². The summed E-state index contributed by atoms with van der Waals surface area (Å²) in [5.41, 5.74) is 1.62. The zero-order valence-corrected chi connectivity index (χ0v) is 13.5. The summed E-state index contributed by atoms with van der Waals surface area (Å²) in [6.07, 6.45) is 4.24. The van der Waals surface area contributed by atoms with Crippen LogP contribution >= 0.6 is 11.3 Å². The highest BCUT2D eigenvalue weighted by Gasteiger charge is 2.20. The molecule has 122 valence electrons. The van der Waals surface area contributed by atoms with E-state index in [1.807, 2.05) is 16.0 Å². The van der Waals surface area contributed by atoms with Crippen molar-refractivity contribution >= 4 is 29.5 Å². The molecule has 23 heavy (non-hydrogen) atoms. The second-order valence-corrected chi connectivity index (χ2v) is 6.11. The van der Waals surface area contributed by atoms with E-state index < -0.39 is 6.10 Å². The van der Waals surface area contributed by atoms with E-state index in [1.54, 1.807) is 12.7 Å². The number of hydrogen-bond donors (Lipinski definition) is 2. The average Bonchev–Trinajstić information content (AvgIpc) is 3.14. The van der Waals surface area contributed by atoms with Gasteiger partial charge >= 0.3 is 5.97 Å². The molecule has 7 nitrogen and oxygen atoms in total. The molecule has 0 spiro atoms. The number of esters is 1. The second-order valence-electron chi connectivity index (χ2n) is 5.20. The molecular weight excluding hydrogens is 316 g/mol. The summed E-state index contributed by atoms with van der Waals surface area (Å²) in [4.78, 5) is 20.7. The van der Waals surface area contributed by atoms with Crippen molar-refractivity contribution in [3.05, 3.63) is 33.9 Å². The molecule has 0 aromatic carbocycles. The topological polar surface area (TPSA) is 88.7 Å². The number of ether oxygens (including phenoxy) is 1. The summed E-state index contributed by atoms with van der Waals surface area (Å²) < 4.78 is 6.75. The SMILES string of the molecule is COC(=O)c1sccc1CCCn1cnc2c1NC=NCC2O. The predicted molar refractivity (Wildman–Crippen MR) is 88.1 cm³/mol. The summed E-state index contributed by atoms with van der Waals surface area (Å²) in [7, 11) is 1.39. The first kappa shape index (κ1) is 15.7. The van der Waals surface area contributed by atoms with Crippen molar-refractivity contribution in [1.29, 1.82) is 0 Å². The number of aliphatic imine (C=N–C) groups is 1. The Morgan fingerprint density at radius 1 is 1.61 bits per heavy atom. The van der Waals surface area contributed by atoms with E-state index in [2.05, 4.69) is 15.3 Å². The standard InChI is InChI=1S/C15H18N4O3S/c1-22-15(21)13-10(4-6-23-13)3-2-5-19-9-18-12-11(20)7-16-8-17-14(12)19/h4,6,8-9,11,20H,2-3,5,7H2,1H3,(H,16,17). The number of aryl methyl sites for hydroxylation is 2. The van der Waals surface area contributed by atoms with E-state index in [0.717, 1.165) is 30.8 Å². The number of fused-ring (bicyclic) bond motifs is 1. The summed E-state index contributed by atoms with van der Waals surface area (Å²) in [5, 5.41) is 14.9. The van der Waals surface area contributed by atoms with Crippen molar-refractivity contribution in [3.63, 3.8) is 0 Å². The number of imidazole rings is 1. The summed E-state index contributed by atoms with van der Waals surface area (Å²) in [5.74, 6) is 0.491. The van der Waals surface area contributed by atoms with E-state index >= 15 is 0 Å². The van der Waals surface area contributed by atoms with Crippen molar-refractivity contribution in [2.75, 3.05) is 19.0 Å². The highest BCUT2D eigenvalue weighted by atomic mass is 32.1. The van der Waals surface area contributed by atoms with Gasteiger partial charge in [0.05, 0.1) is 26.3 Å². The molecule has 8 heteroatoms. The van der Waals surface area contributed by atoms with Crippen LogP contribution in [0.3, 0.4) is 0 Å². The Balaban J connectivity index is 1.65. The van der Waals surface area contributed by atoms with E-state index in [1.165, 1.54) is 18.4 Å². The number of aliphatic hydroxyl groups is 1. The molecular formula is C15H18N4O3S.